The number of nitrogens with one attached hydrogen (secondary N) is 1. The molecule has 0 aliphatic heterocycles. The molecule has 0 atom stereocenters. The van der Waals surface area contributed by atoms with Gasteiger partial charge in [-0.3, -0.25) is 4.98 Å². The molecule has 0 radical (unpaired) electrons. The number of hydrogen-bond acceptors (Lipinski definition) is 2. The van der Waals surface area contributed by atoms with Gasteiger partial charge in [0.15, 0.2) is 0 Å². The van der Waals surface area contributed by atoms with Crippen molar-refractivity contribution in [3.63, 3.8) is 0 Å². The Bertz CT molecular complexity index is 787. The van der Waals surface area contributed by atoms with Gasteiger partial charge in [0.1, 0.15) is 11.3 Å². The van der Waals surface area contributed by atoms with Crippen LogP contribution >= 0.6 is 11.6 Å². The molecular weight excluding hydrogens is 275 g/mol. The van der Waals surface area contributed by atoms with Crippen LogP contribution in [0.15, 0.2) is 48.7 Å². The van der Waals surface area contributed by atoms with Gasteiger partial charge in [0.05, 0.1) is 0 Å². The summed E-state index contributed by atoms with van der Waals surface area (Å²) in [5.41, 5.74) is 3.15. The van der Waals surface area contributed by atoms with Gasteiger partial charge in [-0.2, -0.15) is 0 Å². The number of aryl methyl sites for hydroxylation is 1. The topological polar surface area (TPSA) is 24.9 Å². The monoisotopic (exact) mass is 286 g/mol. The molecule has 0 fully saturated rings. The smallest absolute Gasteiger partial charge is 0.149 e. The molecule has 3 rings (SSSR count). The minimum absolute atomic E-state index is 0.320. The number of nitrogens with zero attached hydrogens (tertiary/aromatic N) is 1. The van der Waals surface area contributed by atoms with Crippen LogP contribution in [0.3, 0.4) is 0 Å². The molecule has 0 saturated carbocycles. The van der Waals surface area contributed by atoms with E-state index in [0.717, 1.165) is 22.3 Å². The first-order chi connectivity index (χ1) is 9.65. The Morgan fingerprint density at radius 2 is 1.95 bits per heavy atom. The van der Waals surface area contributed by atoms with E-state index in [2.05, 4.69) is 10.3 Å². The van der Waals surface area contributed by atoms with Crippen LogP contribution in [0.2, 0.25) is 5.02 Å². The quantitative estimate of drug-likeness (QED) is 0.710. The summed E-state index contributed by atoms with van der Waals surface area (Å²) in [6.07, 6.45) is 1.60. The van der Waals surface area contributed by atoms with Crippen LogP contribution in [0.1, 0.15) is 5.56 Å². The van der Waals surface area contributed by atoms with Crippen LogP contribution < -0.4 is 5.32 Å². The fourth-order valence-corrected chi connectivity index (χ4v) is 2.39. The zero-order valence-corrected chi connectivity index (χ0v) is 11.6. The summed E-state index contributed by atoms with van der Waals surface area (Å²) in [5, 5.41) is 4.75. The normalized spacial score (nSPS) is 10.8. The van der Waals surface area contributed by atoms with E-state index in [1.54, 1.807) is 12.3 Å². The molecule has 100 valence electrons. The Kier molecular flexibility index (Phi) is 3.28. The lowest BCUT2D eigenvalue weighted by atomic mass is 10.1. The molecule has 1 N–H and O–H groups in total. The van der Waals surface area contributed by atoms with Crippen molar-refractivity contribution in [1.29, 1.82) is 0 Å². The van der Waals surface area contributed by atoms with Gasteiger partial charge in [0.2, 0.25) is 0 Å². The van der Waals surface area contributed by atoms with Gasteiger partial charge >= 0.3 is 0 Å². The average molecular weight is 287 g/mol. The summed E-state index contributed by atoms with van der Waals surface area (Å²) < 4.78 is 13.7. The SMILES string of the molecule is Cc1cc(Cl)ccc1Nc1ccnc2c(F)cccc12. The van der Waals surface area contributed by atoms with Gasteiger partial charge in [0, 0.05) is 28.0 Å². The highest BCUT2D eigenvalue weighted by Crippen LogP contribution is 2.28. The van der Waals surface area contributed by atoms with Crippen molar-refractivity contribution in [1.82, 2.24) is 4.98 Å². The number of para-hydroxylation sites is 1. The van der Waals surface area contributed by atoms with Crippen molar-refractivity contribution in [3.05, 3.63) is 65.1 Å². The molecule has 0 unspecified atom stereocenters. The number of halogens is 2. The number of pyridine rings is 1. The third kappa shape index (κ3) is 2.32. The molecule has 0 aliphatic carbocycles. The van der Waals surface area contributed by atoms with E-state index in [9.17, 15) is 4.39 Å². The highest BCUT2D eigenvalue weighted by molar-refractivity contribution is 6.30. The first-order valence-corrected chi connectivity index (χ1v) is 6.59. The first-order valence-electron chi connectivity index (χ1n) is 6.21. The second kappa shape index (κ2) is 5.10. The molecule has 0 amide bonds. The largest absolute Gasteiger partial charge is 0.355 e. The summed E-state index contributed by atoms with van der Waals surface area (Å²) in [4.78, 5) is 4.08. The molecule has 1 aromatic heterocycles. The van der Waals surface area contributed by atoms with Crippen molar-refractivity contribution in [2.45, 2.75) is 6.92 Å². The summed E-state index contributed by atoms with van der Waals surface area (Å²) in [7, 11) is 0. The van der Waals surface area contributed by atoms with E-state index < -0.39 is 0 Å². The van der Waals surface area contributed by atoms with Crippen LogP contribution in [-0.2, 0) is 0 Å². The summed E-state index contributed by atoms with van der Waals surface area (Å²) in [6, 6.07) is 12.4. The lowest BCUT2D eigenvalue weighted by molar-refractivity contribution is 0.637. The van der Waals surface area contributed by atoms with Gasteiger partial charge in [-0.25, -0.2) is 4.39 Å². The fraction of sp³-hybridized carbons (Fsp3) is 0.0625. The Morgan fingerprint density at radius 1 is 1.10 bits per heavy atom. The predicted octanol–water partition coefficient (Wildman–Crippen LogP) is 5.08. The molecule has 1 heterocycles. The highest BCUT2D eigenvalue weighted by Gasteiger charge is 2.07. The molecular formula is C16H12ClFN2. The number of benzene rings is 2. The lowest BCUT2D eigenvalue weighted by Gasteiger charge is -2.12. The fourth-order valence-electron chi connectivity index (χ4n) is 2.16. The Morgan fingerprint density at radius 3 is 2.75 bits per heavy atom. The van der Waals surface area contributed by atoms with Crippen molar-refractivity contribution in [3.8, 4) is 0 Å². The average Bonchev–Trinajstić information content (AvgIpc) is 2.43. The maximum absolute atomic E-state index is 13.7. The molecule has 0 bridgehead atoms. The molecule has 4 heteroatoms. The van der Waals surface area contributed by atoms with Gasteiger partial charge in [-0.15, -0.1) is 0 Å². The molecule has 2 aromatic carbocycles. The third-order valence-electron chi connectivity index (χ3n) is 3.18. The van der Waals surface area contributed by atoms with E-state index in [1.807, 2.05) is 37.3 Å². The van der Waals surface area contributed by atoms with Gasteiger partial charge < -0.3 is 5.32 Å². The first kappa shape index (κ1) is 12.9. The van der Waals surface area contributed by atoms with E-state index in [4.69, 9.17) is 11.6 Å². The molecule has 20 heavy (non-hydrogen) atoms. The van der Waals surface area contributed by atoms with Crippen LogP contribution in [0.5, 0.6) is 0 Å². The maximum Gasteiger partial charge on any atom is 0.149 e. The highest BCUT2D eigenvalue weighted by atomic mass is 35.5. The van der Waals surface area contributed by atoms with Crippen molar-refractivity contribution in [2.75, 3.05) is 5.32 Å². The number of hydrogen-bond donors (Lipinski definition) is 1. The lowest BCUT2D eigenvalue weighted by Crippen LogP contribution is -1.95. The van der Waals surface area contributed by atoms with Gasteiger partial charge in [-0.05, 0) is 42.8 Å². The van der Waals surface area contributed by atoms with E-state index in [-0.39, 0.29) is 5.82 Å². The van der Waals surface area contributed by atoms with Crippen molar-refractivity contribution in [2.24, 2.45) is 0 Å². The van der Waals surface area contributed by atoms with Crippen molar-refractivity contribution < 1.29 is 4.39 Å². The van der Waals surface area contributed by atoms with E-state index >= 15 is 0 Å². The predicted molar refractivity (Wildman–Crippen MR) is 81.2 cm³/mol. The van der Waals surface area contributed by atoms with Crippen LogP contribution in [0.25, 0.3) is 10.9 Å². The van der Waals surface area contributed by atoms with E-state index in [0.29, 0.717) is 10.5 Å². The molecule has 0 saturated heterocycles. The summed E-state index contributed by atoms with van der Waals surface area (Å²) in [5.74, 6) is -0.320. The van der Waals surface area contributed by atoms with Gasteiger partial charge in [-0.1, -0.05) is 23.7 Å². The minimum atomic E-state index is -0.320. The van der Waals surface area contributed by atoms with Crippen molar-refractivity contribution >= 4 is 33.9 Å². The third-order valence-corrected chi connectivity index (χ3v) is 3.41. The number of fused-ring (bicyclic) bond motifs is 1. The zero-order chi connectivity index (χ0) is 14.1. The number of rotatable bonds is 2. The number of anilines is 2. The van der Waals surface area contributed by atoms with Gasteiger partial charge in [0.25, 0.3) is 0 Å². The van der Waals surface area contributed by atoms with E-state index in [1.165, 1.54) is 6.07 Å². The maximum atomic E-state index is 13.7. The van der Waals surface area contributed by atoms with Crippen LogP contribution in [0, 0.1) is 12.7 Å². The summed E-state index contributed by atoms with van der Waals surface area (Å²) >= 11 is 5.95. The van der Waals surface area contributed by atoms with Crippen LogP contribution in [-0.4, -0.2) is 4.98 Å². The second-order valence-electron chi connectivity index (χ2n) is 4.58. The Balaban J connectivity index is 2.09. The Hall–Kier alpha value is -2.13. The summed E-state index contributed by atoms with van der Waals surface area (Å²) in [6.45, 7) is 1.97. The number of aromatic nitrogens is 1. The molecule has 3 aromatic rings. The standard InChI is InChI=1S/C16H12ClFN2/c1-10-9-11(17)5-6-14(10)20-15-7-8-19-16-12(15)3-2-4-13(16)18/h2-9H,1H3,(H,19,20). The second-order valence-corrected chi connectivity index (χ2v) is 5.02. The minimum Gasteiger partial charge on any atom is -0.355 e. The Labute approximate surface area is 121 Å². The molecule has 2 nitrogen and oxygen atoms in total. The molecule has 0 aliphatic rings. The zero-order valence-electron chi connectivity index (χ0n) is 10.8. The molecule has 0 spiro atoms. The van der Waals surface area contributed by atoms with Crippen LogP contribution in [0.4, 0.5) is 15.8 Å².